The van der Waals surface area contributed by atoms with Gasteiger partial charge in [0.1, 0.15) is 6.10 Å². The molecule has 0 radical (unpaired) electrons. The molecule has 1 saturated heterocycles. The van der Waals surface area contributed by atoms with Gasteiger partial charge in [-0.2, -0.15) is 0 Å². The molecule has 4 aliphatic carbocycles. The van der Waals surface area contributed by atoms with Crippen LogP contribution in [0.4, 0.5) is 0 Å². The van der Waals surface area contributed by atoms with Crippen LogP contribution < -0.4 is 0 Å². The highest BCUT2D eigenvalue weighted by molar-refractivity contribution is 5.67. The molecule has 1 aliphatic heterocycles. The molecule has 5 fully saturated rings. The Kier molecular flexibility index (Phi) is 3.75. The highest BCUT2D eigenvalue weighted by Crippen LogP contribution is 2.70. The van der Waals surface area contributed by atoms with Crippen molar-refractivity contribution < 1.29 is 24.4 Å². The Labute approximate surface area is 149 Å². The molecular weight excluding hydrogens is 320 g/mol. The second-order valence-corrected chi connectivity index (χ2v) is 9.66. The smallest absolute Gasteiger partial charge is 0.303 e. The number of rotatable bonds is 2. The normalized spacial score (nSPS) is 54.3. The van der Waals surface area contributed by atoms with Crippen molar-refractivity contribution in [3.8, 4) is 0 Å². The minimum absolute atomic E-state index is 0.0576. The zero-order valence-electron chi connectivity index (χ0n) is 15.1. The van der Waals surface area contributed by atoms with Crippen LogP contribution in [-0.2, 0) is 19.3 Å². The van der Waals surface area contributed by atoms with Crippen molar-refractivity contribution in [2.75, 3.05) is 0 Å². The van der Waals surface area contributed by atoms with E-state index in [0.29, 0.717) is 17.3 Å². The average molecular weight is 350 g/mol. The third kappa shape index (κ3) is 2.74. The Hall–Kier alpha value is -0.650. The number of hydrogen-bond acceptors (Lipinski definition) is 4. The second kappa shape index (κ2) is 5.67. The predicted octanol–water partition coefficient (Wildman–Crippen LogP) is 3.91. The molecule has 5 heteroatoms. The van der Waals surface area contributed by atoms with Crippen molar-refractivity contribution in [2.24, 2.45) is 29.1 Å². The van der Waals surface area contributed by atoms with Crippen molar-refractivity contribution >= 4 is 5.97 Å². The lowest BCUT2D eigenvalue weighted by atomic mass is 9.77. The fourth-order valence-electron chi connectivity index (χ4n) is 6.41. The second-order valence-electron chi connectivity index (χ2n) is 9.66. The minimum Gasteiger partial charge on any atom is -0.481 e. The maximum atomic E-state index is 11.0. The van der Waals surface area contributed by atoms with Crippen molar-refractivity contribution in [1.29, 1.82) is 0 Å². The summed E-state index contributed by atoms with van der Waals surface area (Å²) in [6.45, 7) is 2.28. The van der Waals surface area contributed by atoms with E-state index in [-0.39, 0.29) is 24.5 Å². The Morgan fingerprint density at radius 1 is 1.12 bits per heavy atom. The van der Waals surface area contributed by atoms with Crippen LogP contribution in [0.3, 0.4) is 0 Å². The molecule has 4 saturated carbocycles. The summed E-state index contributed by atoms with van der Waals surface area (Å²) in [7, 11) is 0. The number of carbonyl (C=O) groups is 1. The standard InChI is InChI=1S/C20H30O5/c1-12-2-5-19-10-14(9-15(19)11-19)18-17(12)24-25-20(23-18)6-3-13(4-7-20)8-16(21)22/h12-15,17-18H,2-11H2,1H3,(H,21,22). The van der Waals surface area contributed by atoms with Crippen LogP contribution in [0.25, 0.3) is 0 Å². The van der Waals surface area contributed by atoms with E-state index < -0.39 is 11.8 Å². The van der Waals surface area contributed by atoms with E-state index >= 15 is 0 Å². The molecular formula is C20H30O5. The highest BCUT2D eigenvalue weighted by atomic mass is 17.2. The third-order valence-electron chi connectivity index (χ3n) is 8.05. The lowest BCUT2D eigenvalue weighted by molar-refractivity contribution is -0.517. The summed E-state index contributed by atoms with van der Waals surface area (Å²) in [6.07, 6.45) is 10.3. The summed E-state index contributed by atoms with van der Waals surface area (Å²) < 4.78 is 6.68. The van der Waals surface area contributed by atoms with Gasteiger partial charge < -0.3 is 9.84 Å². The summed E-state index contributed by atoms with van der Waals surface area (Å²) in [4.78, 5) is 22.8. The topological polar surface area (TPSA) is 65.0 Å². The predicted molar refractivity (Wildman–Crippen MR) is 89.4 cm³/mol. The van der Waals surface area contributed by atoms with E-state index in [1.165, 1.54) is 32.1 Å². The molecule has 2 bridgehead atoms. The van der Waals surface area contributed by atoms with Crippen LogP contribution >= 0.6 is 0 Å². The molecule has 0 amide bonds. The van der Waals surface area contributed by atoms with Crippen LogP contribution in [-0.4, -0.2) is 29.1 Å². The maximum absolute atomic E-state index is 11.0. The molecule has 25 heavy (non-hydrogen) atoms. The fourth-order valence-corrected chi connectivity index (χ4v) is 6.41. The van der Waals surface area contributed by atoms with Crippen LogP contribution in [0.15, 0.2) is 0 Å². The Balaban J connectivity index is 1.30. The van der Waals surface area contributed by atoms with Crippen molar-refractivity contribution in [2.45, 2.75) is 89.1 Å². The van der Waals surface area contributed by atoms with Gasteiger partial charge in [-0.1, -0.05) is 6.92 Å². The van der Waals surface area contributed by atoms with Gasteiger partial charge in [-0.15, -0.1) is 0 Å². The first-order valence-electron chi connectivity index (χ1n) is 10.2. The molecule has 1 N–H and O–H groups in total. The molecule has 0 aromatic heterocycles. The van der Waals surface area contributed by atoms with Crippen LogP contribution in [0.5, 0.6) is 0 Å². The molecule has 6 unspecified atom stereocenters. The average Bonchev–Trinajstić information content (AvgIpc) is 3.14. The number of hydrogen-bond donors (Lipinski definition) is 1. The first-order chi connectivity index (χ1) is 12.0. The van der Waals surface area contributed by atoms with E-state index in [2.05, 4.69) is 6.92 Å². The van der Waals surface area contributed by atoms with Gasteiger partial charge in [-0.05, 0) is 74.0 Å². The third-order valence-corrected chi connectivity index (χ3v) is 8.05. The van der Waals surface area contributed by atoms with Gasteiger partial charge in [0.05, 0.1) is 6.10 Å². The van der Waals surface area contributed by atoms with E-state index in [9.17, 15) is 4.79 Å². The van der Waals surface area contributed by atoms with Crippen LogP contribution in [0, 0.1) is 29.1 Å². The van der Waals surface area contributed by atoms with Crippen molar-refractivity contribution in [3.05, 3.63) is 0 Å². The quantitative estimate of drug-likeness (QED) is 0.765. The molecule has 5 rings (SSSR count). The number of carboxylic acids is 1. The van der Waals surface area contributed by atoms with Crippen LogP contribution in [0.2, 0.25) is 0 Å². The van der Waals surface area contributed by atoms with Crippen molar-refractivity contribution in [3.63, 3.8) is 0 Å². The monoisotopic (exact) mass is 350 g/mol. The molecule has 5 aliphatic rings. The van der Waals surface area contributed by atoms with Gasteiger partial charge in [-0.3, -0.25) is 4.79 Å². The highest BCUT2D eigenvalue weighted by Gasteiger charge is 2.64. The molecule has 6 atom stereocenters. The lowest BCUT2D eigenvalue weighted by Gasteiger charge is -2.50. The summed E-state index contributed by atoms with van der Waals surface area (Å²) in [6, 6.07) is 0. The number of carboxylic acid groups (broad SMARTS) is 1. The number of aliphatic carboxylic acids is 1. The summed E-state index contributed by atoms with van der Waals surface area (Å²) in [5.41, 5.74) is 0.637. The molecule has 140 valence electrons. The van der Waals surface area contributed by atoms with E-state index in [4.69, 9.17) is 19.6 Å². The summed E-state index contributed by atoms with van der Waals surface area (Å²) in [5.74, 6) is 0.930. The van der Waals surface area contributed by atoms with Gasteiger partial charge in [0.2, 0.25) is 5.79 Å². The maximum Gasteiger partial charge on any atom is 0.303 e. The van der Waals surface area contributed by atoms with Gasteiger partial charge in [0.15, 0.2) is 0 Å². The van der Waals surface area contributed by atoms with Gasteiger partial charge in [0, 0.05) is 19.3 Å². The van der Waals surface area contributed by atoms with Gasteiger partial charge in [0.25, 0.3) is 0 Å². The first kappa shape index (κ1) is 16.5. The molecule has 0 aromatic rings. The van der Waals surface area contributed by atoms with E-state index in [1.807, 2.05) is 0 Å². The van der Waals surface area contributed by atoms with Gasteiger partial charge >= 0.3 is 5.97 Å². The summed E-state index contributed by atoms with van der Waals surface area (Å²) in [5, 5.41) is 9.02. The molecule has 5 nitrogen and oxygen atoms in total. The SMILES string of the molecule is CC1CCC23CC(CC2C3)C2OC3(CCC(CC(=O)O)CC3)OOC12. The minimum atomic E-state index is -0.702. The largest absolute Gasteiger partial charge is 0.481 e. The Bertz CT molecular complexity index is 554. The first-order valence-corrected chi connectivity index (χ1v) is 10.2. The lowest BCUT2D eigenvalue weighted by Crippen LogP contribution is -2.56. The molecule has 2 spiro atoms. The van der Waals surface area contributed by atoms with E-state index in [1.54, 1.807) is 0 Å². The number of ether oxygens (including phenoxy) is 1. The number of fused-ring (bicyclic) bond motifs is 3. The fraction of sp³-hybridized carbons (Fsp3) is 0.950. The zero-order chi connectivity index (χ0) is 17.2. The zero-order valence-corrected chi connectivity index (χ0v) is 15.1. The van der Waals surface area contributed by atoms with E-state index in [0.717, 1.165) is 31.6 Å². The molecule has 1 heterocycles. The Morgan fingerprint density at radius 2 is 1.92 bits per heavy atom. The Morgan fingerprint density at radius 3 is 2.68 bits per heavy atom. The van der Waals surface area contributed by atoms with Gasteiger partial charge in [-0.25, -0.2) is 9.78 Å². The van der Waals surface area contributed by atoms with Crippen molar-refractivity contribution in [1.82, 2.24) is 0 Å². The molecule has 0 aromatic carbocycles. The van der Waals surface area contributed by atoms with Crippen LogP contribution in [0.1, 0.15) is 71.1 Å². The summed E-state index contributed by atoms with van der Waals surface area (Å²) >= 11 is 0.